The van der Waals surface area contributed by atoms with E-state index in [1.165, 1.54) is 23.5 Å². The molecule has 8 nitrogen and oxygen atoms in total. The van der Waals surface area contributed by atoms with E-state index in [9.17, 15) is 13.2 Å². The molecule has 1 fully saturated rings. The summed E-state index contributed by atoms with van der Waals surface area (Å²) >= 11 is 0. The Balaban J connectivity index is 1.58. The Hall–Kier alpha value is -3.17. The van der Waals surface area contributed by atoms with E-state index in [0.717, 1.165) is 24.8 Å². The van der Waals surface area contributed by atoms with Crippen LogP contribution in [0.5, 0.6) is 5.75 Å². The van der Waals surface area contributed by atoms with Crippen LogP contribution in [-0.4, -0.2) is 47.9 Å². The number of aromatic nitrogens is 2. The van der Waals surface area contributed by atoms with Gasteiger partial charge in [0.05, 0.1) is 13.4 Å². The summed E-state index contributed by atoms with van der Waals surface area (Å²) in [5.41, 5.74) is 1.88. The molecule has 1 N–H and O–H groups in total. The summed E-state index contributed by atoms with van der Waals surface area (Å²) in [5.74, 6) is -0.160. The molecule has 174 valence electrons. The lowest BCUT2D eigenvalue weighted by Crippen LogP contribution is -2.42. The van der Waals surface area contributed by atoms with E-state index in [1.807, 2.05) is 35.9 Å². The molecule has 1 aliphatic heterocycles. The number of carbonyl (C=O) groups excluding carboxylic acids is 1. The number of rotatable bonds is 7. The molecular weight excluding hydrogens is 440 g/mol. The summed E-state index contributed by atoms with van der Waals surface area (Å²) in [4.78, 5) is 17.0. The SMILES string of the molecule is COc1ccc(C(=O)Nc2cccc(Cn3ccnc3)c2)cc1S(=O)(=O)N1CCCC[C@H]1C. The maximum Gasteiger partial charge on any atom is 0.255 e. The monoisotopic (exact) mass is 468 g/mol. The van der Waals surface area contributed by atoms with Crippen molar-refractivity contribution < 1.29 is 17.9 Å². The van der Waals surface area contributed by atoms with E-state index in [-0.39, 0.29) is 28.2 Å². The minimum Gasteiger partial charge on any atom is -0.495 e. The Morgan fingerprint density at radius 1 is 1.21 bits per heavy atom. The van der Waals surface area contributed by atoms with Gasteiger partial charge in [-0.2, -0.15) is 4.31 Å². The Labute approximate surface area is 194 Å². The predicted molar refractivity (Wildman–Crippen MR) is 126 cm³/mol. The molecule has 0 bridgehead atoms. The van der Waals surface area contributed by atoms with Gasteiger partial charge < -0.3 is 14.6 Å². The summed E-state index contributed by atoms with van der Waals surface area (Å²) in [7, 11) is -2.37. The fourth-order valence-electron chi connectivity index (χ4n) is 4.12. The first-order valence-corrected chi connectivity index (χ1v) is 12.4. The minimum atomic E-state index is -3.80. The Morgan fingerprint density at radius 2 is 2.06 bits per heavy atom. The fourth-order valence-corrected chi connectivity index (χ4v) is 6.00. The van der Waals surface area contributed by atoms with Gasteiger partial charge in [0.25, 0.3) is 5.91 Å². The second kappa shape index (κ2) is 9.76. The quantitative estimate of drug-likeness (QED) is 0.570. The molecule has 4 rings (SSSR count). The molecule has 1 aliphatic rings. The molecular formula is C24H28N4O4S. The highest BCUT2D eigenvalue weighted by molar-refractivity contribution is 7.89. The third-order valence-electron chi connectivity index (χ3n) is 5.86. The van der Waals surface area contributed by atoms with Crippen LogP contribution in [0.4, 0.5) is 5.69 Å². The smallest absolute Gasteiger partial charge is 0.255 e. The van der Waals surface area contributed by atoms with Gasteiger partial charge in [-0.05, 0) is 55.7 Å². The number of sulfonamides is 1. The van der Waals surface area contributed by atoms with Crippen molar-refractivity contribution in [2.24, 2.45) is 0 Å². The summed E-state index contributed by atoms with van der Waals surface area (Å²) in [6, 6.07) is 11.9. The van der Waals surface area contributed by atoms with E-state index in [4.69, 9.17) is 4.74 Å². The van der Waals surface area contributed by atoms with E-state index in [2.05, 4.69) is 10.3 Å². The highest BCUT2D eigenvalue weighted by atomic mass is 32.2. The molecule has 2 aromatic carbocycles. The number of ether oxygens (including phenoxy) is 1. The first-order chi connectivity index (χ1) is 15.9. The van der Waals surface area contributed by atoms with Crippen LogP contribution in [-0.2, 0) is 16.6 Å². The lowest BCUT2D eigenvalue weighted by Gasteiger charge is -2.32. The van der Waals surface area contributed by atoms with Gasteiger partial charge in [0.15, 0.2) is 0 Å². The molecule has 9 heteroatoms. The summed E-state index contributed by atoms with van der Waals surface area (Å²) < 4.78 is 35.6. The minimum absolute atomic E-state index is 0.0141. The molecule has 1 atom stereocenters. The summed E-state index contributed by atoms with van der Waals surface area (Å²) in [6.45, 7) is 3.01. The topological polar surface area (TPSA) is 93.5 Å². The van der Waals surface area contributed by atoms with Crippen molar-refractivity contribution in [3.05, 3.63) is 72.3 Å². The molecule has 0 unspecified atom stereocenters. The summed E-state index contributed by atoms with van der Waals surface area (Å²) in [6.07, 6.45) is 7.96. The van der Waals surface area contributed by atoms with Crippen LogP contribution in [0, 0.1) is 0 Å². The van der Waals surface area contributed by atoms with Crippen molar-refractivity contribution in [3.8, 4) is 5.75 Å². The van der Waals surface area contributed by atoms with Gasteiger partial charge in [0.2, 0.25) is 10.0 Å². The van der Waals surface area contributed by atoms with E-state index < -0.39 is 10.0 Å². The zero-order valence-corrected chi connectivity index (χ0v) is 19.6. The van der Waals surface area contributed by atoms with Crippen molar-refractivity contribution in [1.29, 1.82) is 0 Å². The van der Waals surface area contributed by atoms with Gasteiger partial charge in [-0.25, -0.2) is 13.4 Å². The molecule has 1 amide bonds. The molecule has 1 aromatic heterocycles. The second-order valence-electron chi connectivity index (χ2n) is 8.22. The molecule has 2 heterocycles. The normalized spacial score (nSPS) is 17.0. The average Bonchev–Trinajstić information content (AvgIpc) is 3.32. The molecule has 0 aliphatic carbocycles. The predicted octanol–water partition coefficient (Wildman–Crippen LogP) is 3.76. The molecule has 0 saturated carbocycles. The highest BCUT2D eigenvalue weighted by Crippen LogP contribution is 2.32. The Bertz CT molecular complexity index is 1230. The van der Waals surface area contributed by atoms with Gasteiger partial charge >= 0.3 is 0 Å². The van der Waals surface area contributed by atoms with Gasteiger partial charge in [0, 0.05) is 42.8 Å². The van der Waals surface area contributed by atoms with Gasteiger partial charge in [-0.3, -0.25) is 4.79 Å². The number of methoxy groups -OCH3 is 1. The lowest BCUT2D eigenvalue weighted by molar-refractivity contribution is 0.102. The average molecular weight is 469 g/mol. The fraction of sp³-hybridized carbons (Fsp3) is 0.333. The van der Waals surface area contributed by atoms with Crippen LogP contribution >= 0.6 is 0 Å². The van der Waals surface area contributed by atoms with Crippen LogP contribution in [0.2, 0.25) is 0 Å². The Kier molecular flexibility index (Phi) is 6.80. The third kappa shape index (κ3) is 5.09. The van der Waals surface area contributed by atoms with Crippen molar-refractivity contribution in [1.82, 2.24) is 13.9 Å². The highest BCUT2D eigenvalue weighted by Gasteiger charge is 2.33. The Morgan fingerprint density at radius 3 is 2.79 bits per heavy atom. The number of amides is 1. The van der Waals surface area contributed by atoms with Crippen LogP contribution in [0.15, 0.2) is 66.1 Å². The van der Waals surface area contributed by atoms with Crippen LogP contribution in [0.1, 0.15) is 42.1 Å². The zero-order chi connectivity index (χ0) is 23.4. The van der Waals surface area contributed by atoms with Gasteiger partial charge in [-0.15, -0.1) is 0 Å². The lowest BCUT2D eigenvalue weighted by atomic mass is 10.1. The number of imidazole rings is 1. The number of benzene rings is 2. The number of anilines is 1. The number of hydrogen-bond donors (Lipinski definition) is 1. The third-order valence-corrected chi connectivity index (χ3v) is 7.90. The van der Waals surface area contributed by atoms with E-state index in [0.29, 0.717) is 18.8 Å². The molecule has 33 heavy (non-hydrogen) atoms. The maximum absolute atomic E-state index is 13.4. The van der Waals surface area contributed by atoms with Gasteiger partial charge in [-0.1, -0.05) is 18.6 Å². The molecule has 0 radical (unpaired) electrons. The number of hydrogen-bond acceptors (Lipinski definition) is 5. The van der Waals surface area contributed by atoms with E-state index >= 15 is 0 Å². The number of carbonyl (C=O) groups is 1. The zero-order valence-electron chi connectivity index (χ0n) is 18.8. The molecule has 3 aromatic rings. The van der Waals surface area contributed by atoms with Crippen molar-refractivity contribution in [2.75, 3.05) is 19.0 Å². The van der Waals surface area contributed by atoms with E-state index in [1.54, 1.807) is 24.7 Å². The largest absolute Gasteiger partial charge is 0.495 e. The number of piperidine rings is 1. The first-order valence-electron chi connectivity index (χ1n) is 10.9. The van der Waals surface area contributed by atoms with Gasteiger partial charge in [0.1, 0.15) is 10.6 Å². The van der Waals surface area contributed by atoms with Crippen LogP contribution in [0.25, 0.3) is 0 Å². The van der Waals surface area contributed by atoms with Crippen LogP contribution < -0.4 is 10.1 Å². The first kappa shape index (κ1) is 23.0. The van der Waals surface area contributed by atoms with Crippen molar-refractivity contribution >= 4 is 21.6 Å². The van der Waals surface area contributed by atoms with Crippen molar-refractivity contribution in [3.63, 3.8) is 0 Å². The maximum atomic E-state index is 13.4. The number of nitrogens with zero attached hydrogens (tertiary/aromatic N) is 3. The summed E-state index contributed by atoms with van der Waals surface area (Å²) in [5, 5.41) is 2.87. The molecule has 1 saturated heterocycles. The second-order valence-corrected chi connectivity index (χ2v) is 10.1. The standard InChI is InChI=1S/C24H28N4O4S/c1-18-6-3-4-12-28(18)33(30,31)23-15-20(9-10-22(23)32-2)24(29)26-21-8-5-7-19(14-21)16-27-13-11-25-17-27/h5,7-11,13-15,17-18H,3-4,6,12,16H2,1-2H3,(H,26,29)/t18-/m1/s1. The number of nitrogens with one attached hydrogen (secondary N) is 1. The molecule has 0 spiro atoms. The van der Waals surface area contributed by atoms with Crippen molar-refractivity contribution in [2.45, 2.75) is 43.7 Å². The van der Waals surface area contributed by atoms with Crippen LogP contribution in [0.3, 0.4) is 0 Å².